The summed E-state index contributed by atoms with van der Waals surface area (Å²) >= 11 is 5.03. The lowest BCUT2D eigenvalue weighted by molar-refractivity contribution is 1.51. The predicted molar refractivity (Wildman–Crippen MR) is 52.1 cm³/mol. The minimum absolute atomic E-state index is 1.16. The van der Waals surface area contributed by atoms with Crippen LogP contribution in [0.3, 0.4) is 0 Å². The molecular formula is C8H6BrNS. The highest BCUT2D eigenvalue weighted by Gasteiger charge is 2.01. The summed E-state index contributed by atoms with van der Waals surface area (Å²) < 4.78 is 6.56. The molecule has 0 bridgehead atoms. The standard InChI is InChI=1S/C8H6BrNS/c1-5-7(9)3-2-6-4-10-11-8(5)6/h2-4H,1H3. The highest BCUT2D eigenvalue weighted by atomic mass is 79.9. The Balaban J connectivity index is 2.93. The van der Waals surface area contributed by atoms with Gasteiger partial charge in [0.25, 0.3) is 0 Å². The summed E-state index contributed by atoms with van der Waals surface area (Å²) in [4.78, 5) is 0. The lowest BCUT2D eigenvalue weighted by atomic mass is 10.2. The lowest BCUT2D eigenvalue weighted by Gasteiger charge is -1.96. The average molecular weight is 228 g/mol. The molecule has 1 nitrogen and oxygen atoms in total. The monoisotopic (exact) mass is 227 g/mol. The first-order valence-corrected chi connectivity index (χ1v) is 4.85. The molecule has 56 valence electrons. The Labute approximate surface area is 77.3 Å². The van der Waals surface area contributed by atoms with E-state index in [9.17, 15) is 0 Å². The van der Waals surface area contributed by atoms with Crippen LogP contribution in [0.4, 0.5) is 0 Å². The van der Waals surface area contributed by atoms with E-state index >= 15 is 0 Å². The number of halogens is 1. The Morgan fingerprint density at radius 2 is 2.27 bits per heavy atom. The molecular weight excluding hydrogens is 222 g/mol. The van der Waals surface area contributed by atoms with Gasteiger partial charge in [0, 0.05) is 16.1 Å². The van der Waals surface area contributed by atoms with Crippen molar-refractivity contribution in [2.75, 3.05) is 0 Å². The molecule has 2 aromatic rings. The van der Waals surface area contributed by atoms with Gasteiger partial charge in [-0.3, -0.25) is 0 Å². The first-order chi connectivity index (χ1) is 5.29. The van der Waals surface area contributed by atoms with Gasteiger partial charge >= 0.3 is 0 Å². The van der Waals surface area contributed by atoms with Gasteiger partial charge in [-0.2, -0.15) is 4.37 Å². The van der Waals surface area contributed by atoms with Crippen molar-refractivity contribution in [3.05, 3.63) is 28.4 Å². The maximum Gasteiger partial charge on any atom is 0.0590 e. The van der Waals surface area contributed by atoms with E-state index in [0.29, 0.717) is 0 Å². The molecule has 0 aliphatic carbocycles. The van der Waals surface area contributed by atoms with Crippen LogP contribution in [0, 0.1) is 6.92 Å². The van der Waals surface area contributed by atoms with Crippen LogP contribution < -0.4 is 0 Å². The third kappa shape index (κ3) is 1.08. The van der Waals surface area contributed by atoms with E-state index in [1.165, 1.54) is 15.6 Å². The number of fused-ring (bicyclic) bond motifs is 1. The van der Waals surface area contributed by atoms with Crippen LogP contribution in [0.5, 0.6) is 0 Å². The van der Waals surface area contributed by atoms with E-state index in [-0.39, 0.29) is 0 Å². The maximum absolute atomic E-state index is 4.12. The van der Waals surface area contributed by atoms with Crippen LogP contribution in [0.25, 0.3) is 10.1 Å². The van der Waals surface area contributed by atoms with Gasteiger partial charge in [0.05, 0.1) is 4.70 Å². The second-order valence-corrected chi connectivity index (χ2v) is 4.07. The molecule has 2 rings (SSSR count). The van der Waals surface area contributed by atoms with Crippen molar-refractivity contribution < 1.29 is 0 Å². The molecule has 0 aliphatic rings. The van der Waals surface area contributed by atoms with Crippen molar-refractivity contribution in [2.24, 2.45) is 0 Å². The average Bonchev–Trinajstić information content (AvgIpc) is 2.45. The zero-order chi connectivity index (χ0) is 7.84. The highest BCUT2D eigenvalue weighted by Crippen LogP contribution is 2.27. The van der Waals surface area contributed by atoms with Crippen LogP contribution in [-0.4, -0.2) is 4.37 Å². The lowest BCUT2D eigenvalue weighted by Crippen LogP contribution is -1.73. The minimum atomic E-state index is 1.16. The third-order valence-electron chi connectivity index (χ3n) is 1.71. The number of benzene rings is 1. The van der Waals surface area contributed by atoms with Crippen molar-refractivity contribution in [2.45, 2.75) is 6.92 Å². The first kappa shape index (κ1) is 7.25. The summed E-state index contributed by atoms with van der Waals surface area (Å²) in [6, 6.07) is 4.14. The molecule has 0 amide bonds. The summed E-state index contributed by atoms with van der Waals surface area (Å²) in [5.74, 6) is 0. The topological polar surface area (TPSA) is 12.9 Å². The van der Waals surface area contributed by atoms with E-state index in [0.717, 1.165) is 4.47 Å². The SMILES string of the molecule is Cc1c(Br)ccc2cnsc12. The number of rotatable bonds is 0. The number of hydrogen-bond donors (Lipinski definition) is 0. The fraction of sp³-hybridized carbons (Fsp3) is 0.125. The summed E-state index contributed by atoms with van der Waals surface area (Å²) in [5.41, 5.74) is 1.28. The zero-order valence-corrected chi connectivity index (χ0v) is 8.37. The van der Waals surface area contributed by atoms with E-state index in [1.54, 1.807) is 11.5 Å². The minimum Gasteiger partial charge on any atom is -0.200 e. The molecule has 1 heterocycles. The number of aryl methyl sites for hydroxylation is 1. The largest absolute Gasteiger partial charge is 0.200 e. The van der Waals surface area contributed by atoms with Crippen LogP contribution in [-0.2, 0) is 0 Å². The smallest absolute Gasteiger partial charge is 0.0590 e. The first-order valence-electron chi connectivity index (χ1n) is 3.28. The molecule has 0 N–H and O–H groups in total. The molecule has 0 radical (unpaired) electrons. The Kier molecular flexibility index (Phi) is 1.69. The predicted octanol–water partition coefficient (Wildman–Crippen LogP) is 3.37. The summed E-state index contributed by atoms with van der Waals surface area (Å²) in [6.07, 6.45) is 1.90. The van der Waals surface area contributed by atoms with Crippen molar-refractivity contribution in [1.29, 1.82) is 0 Å². The molecule has 0 fully saturated rings. The molecule has 0 saturated heterocycles. The number of aromatic nitrogens is 1. The van der Waals surface area contributed by atoms with Crippen LogP contribution >= 0.6 is 27.5 Å². The number of nitrogens with zero attached hydrogens (tertiary/aromatic N) is 1. The zero-order valence-electron chi connectivity index (χ0n) is 5.97. The Morgan fingerprint density at radius 3 is 3.09 bits per heavy atom. The van der Waals surface area contributed by atoms with E-state index in [4.69, 9.17) is 0 Å². The molecule has 0 spiro atoms. The molecule has 1 aromatic heterocycles. The molecule has 3 heteroatoms. The van der Waals surface area contributed by atoms with Gasteiger partial charge in [-0.25, -0.2) is 0 Å². The van der Waals surface area contributed by atoms with Crippen molar-refractivity contribution in [3.8, 4) is 0 Å². The van der Waals surface area contributed by atoms with Gasteiger partial charge in [-0.1, -0.05) is 22.0 Å². The quantitative estimate of drug-likeness (QED) is 0.673. The summed E-state index contributed by atoms with van der Waals surface area (Å²) in [6.45, 7) is 2.10. The molecule has 0 atom stereocenters. The fourth-order valence-electron chi connectivity index (χ4n) is 1.05. The molecule has 0 aliphatic heterocycles. The van der Waals surface area contributed by atoms with E-state index < -0.39 is 0 Å². The summed E-state index contributed by atoms with van der Waals surface area (Å²) in [5, 5.41) is 1.23. The molecule has 11 heavy (non-hydrogen) atoms. The molecule has 0 unspecified atom stereocenters. The number of hydrogen-bond acceptors (Lipinski definition) is 2. The van der Waals surface area contributed by atoms with E-state index in [2.05, 4.69) is 39.4 Å². The van der Waals surface area contributed by atoms with Gasteiger partial charge in [0.1, 0.15) is 0 Å². The van der Waals surface area contributed by atoms with Crippen LogP contribution in [0.2, 0.25) is 0 Å². The Bertz CT molecular complexity index is 394. The van der Waals surface area contributed by atoms with Gasteiger partial charge in [0.2, 0.25) is 0 Å². The summed E-state index contributed by atoms with van der Waals surface area (Å²) in [7, 11) is 0. The van der Waals surface area contributed by atoms with Gasteiger partial charge in [-0.05, 0) is 30.1 Å². The van der Waals surface area contributed by atoms with Crippen molar-refractivity contribution >= 4 is 37.5 Å². The van der Waals surface area contributed by atoms with Crippen LogP contribution in [0.1, 0.15) is 5.56 Å². The highest BCUT2D eigenvalue weighted by molar-refractivity contribution is 9.10. The Morgan fingerprint density at radius 1 is 1.45 bits per heavy atom. The second kappa shape index (κ2) is 2.57. The fourth-order valence-corrected chi connectivity index (χ4v) is 2.25. The maximum atomic E-state index is 4.12. The molecule has 0 saturated carbocycles. The normalized spacial score (nSPS) is 10.7. The van der Waals surface area contributed by atoms with Gasteiger partial charge in [-0.15, -0.1) is 0 Å². The van der Waals surface area contributed by atoms with Gasteiger partial charge < -0.3 is 0 Å². The van der Waals surface area contributed by atoms with Gasteiger partial charge in [0.15, 0.2) is 0 Å². The third-order valence-corrected chi connectivity index (χ3v) is 3.50. The van der Waals surface area contributed by atoms with Crippen LogP contribution in [0.15, 0.2) is 22.8 Å². The van der Waals surface area contributed by atoms with E-state index in [1.807, 2.05) is 6.20 Å². The van der Waals surface area contributed by atoms with Crippen molar-refractivity contribution in [3.63, 3.8) is 0 Å². The van der Waals surface area contributed by atoms with Crippen molar-refractivity contribution in [1.82, 2.24) is 4.37 Å². The Hall–Kier alpha value is -0.410. The molecule has 1 aromatic carbocycles. The second-order valence-electron chi connectivity index (χ2n) is 2.42.